The Bertz CT molecular complexity index is 1090. The number of pyridine rings is 1. The lowest BCUT2D eigenvalue weighted by atomic mass is 10.0. The van der Waals surface area contributed by atoms with Crippen LogP contribution in [0.1, 0.15) is 10.4 Å². The minimum Gasteiger partial charge on any atom is -0.497 e. The van der Waals surface area contributed by atoms with Crippen LogP contribution in [0.3, 0.4) is 0 Å². The summed E-state index contributed by atoms with van der Waals surface area (Å²) in [5.74, 6) is 1.84. The molecule has 2 saturated heterocycles. The molecule has 0 radical (unpaired) electrons. The summed E-state index contributed by atoms with van der Waals surface area (Å²) >= 11 is 0. The third-order valence-corrected chi connectivity index (χ3v) is 6.32. The number of fused-ring (bicyclic) bond motifs is 1. The first-order chi connectivity index (χ1) is 15.7. The first-order valence-electron chi connectivity index (χ1n) is 11.1. The lowest BCUT2D eigenvalue weighted by Crippen LogP contribution is -2.48. The molecule has 2 aromatic carbocycles. The van der Waals surface area contributed by atoms with Gasteiger partial charge in [0.1, 0.15) is 11.6 Å². The van der Waals surface area contributed by atoms with Crippen LogP contribution in [0.4, 0.5) is 11.5 Å². The first-order valence-corrected chi connectivity index (χ1v) is 11.1. The number of hydrogen-bond acceptors (Lipinski definition) is 6. The molecule has 0 bridgehead atoms. The minimum atomic E-state index is 0.0524. The highest BCUT2D eigenvalue weighted by molar-refractivity contribution is 6.09. The SMILES string of the molecule is COc1ccc(N2CCN(C(=O)c3cnc(N4CCOCC4)c4ccccc34)CC2)cc1. The van der Waals surface area contributed by atoms with Crippen LogP contribution >= 0.6 is 0 Å². The second-order valence-electron chi connectivity index (χ2n) is 8.12. The molecule has 2 fully saturated rings. The fraction of sp³-hybridized carbons (Fsp3) is 0.360. The molecule has 32 heavy (non-hydrogen) atoms. The van der Waals surface area contributed by atoms with E-state index in [4.69, 9.17) is 14.5 Å². The van der Waals surface area contributed by atoms with Crippen LogP contribution in [-0.2, 0) is 4.74 Å². The number of morpholine rings is 1. The lowest BCUT2D eigenvalue weighted by Gasteiger charge is -2.36. The Morgan fingerprint density at radius 2 is 1.56 bits per heavy atom. The molecule has 7 heteroatoms. The summed E-state index contributed by atoms with van der Waals surface area (Å²) in [5, 5.41) is 1.99. The number of amides is 1. The van der Waals surface area contributed by atoms with E-state index in [0.717, 1.165) is 54.2 Å². The number of nitrogens with zero attached hydrogens (tertiary/aromatic N) is 4. The molecule has 5 rings (SSSR count). The highest BCUT2D eigenvalue weighted by atomic mass is 16.5. The summed E-state index contributed by atoms with van der Waals surface area (Å²) in [7, 11) is 1.67. The van der Waals surface area contributed by atoms with Gasteiger partial charge in [0.05, 0.1) is 25.9 Å². The van der Waals surface area contributed by atoms with Crippen LogP contribution < -0.4 is 14.5 Å². The molecule has 0 N–H and O–H groups in total. The predicted octanol–water partition coefficient (Wildman–Crippen LogP) is 3.04. The number of anilines is 2. The van der Waals surface area contributed by atoms with Crippen LogP contribution in [0, 0.1) is 0 Å². The quantitative estimate of drug-likeness (QED) is 0.632. The van der Waals surface area contributed by atoms with Crippen LogP contribution in [-0.4, -0.2) is 75.4 Å². The van der Waals surface area contributed by atoms with Crippen LogP contribution in [0.2, 0.25) is 0 Å². The van der Waals surface area contributed by atoms with Crippen LogP contribution in [0.5, 0.6) is 5.75 Å². The van der Waals surface area contributed by atoms with E-state index in [2.05, 4.69) is 28.0 Å². The molecule has 0 atom stereocenters. The van der Waals surface area contributed by atoms with Gasteiger partial charge in [0.15, 0.2) is 0 Å². The second-order valence-corrected chi connectivity index (χ2v) is 8.12. The Kier molecular flexibility index (Phi) is 5.81. The number of methoxy groups -OCH3 is 1. The van der Waals surface area contributed by atoms with Crippen molar-refractivity contribution in [3.05, 3.63) is 60.3 Å². The van der Waals surface area contributed by atoms with Gasteiger partial charge in [-0.25, -0.2) is 4.98 Å². The maximum absolute atomic E-state index is 13.4. The van der Waals surface area contributed by atoms with E-state index in [9.17, 15) is 4.79 Å². The van der Waals surface area contributed by atoms with Gasteiger partial charge in [-0.05, 0) is 29.7 Å². The molecule has 2 aliphatic rings. The molecule has 3 aromatic rings. The maximum atomic E-state index is 13.4. The number of carbonyl (C=O) groups is 1. The summed E-state index contributed by atoms with van der Waals surface area (Å²) in [6, 6.07) is 16.2. The van der Waals surface area contributed by atoms with Crippen molar-refractivity contribution < 1.29 is 14.3 Å². The number of piperazine rings is 1. The molecular formula is C25H28N4O3. The van der Waals surface area contributed by atoms with Gasteiger partial charge in [-0.1, -0.05) is 24.3 Å². The largest absolute Gasteiger partial charge is 0.497 e. The van der Waals surface area contributed by atoms with Gasteiger partial charge in [-0.2, -0.15) is 0 Å². The summed E-state index contributed by atoms with van der Waals surface area (Å²) in [6.07, 6.45) is 1.76. The van der Waals surface area contributed by atoms with Crippen molar-refractivity contribution in [2.24, 2.45) is 0 Å². The molecule has 166 valence electrons. The molecule has 0 spiro atoms. The van der Waals surface area contributed by atoms with Crippen molar-refractivity contribution in [1.82, 2.24) is 9.88 Å². The number of hydrogen-bond donors (Lipinski definition) is 0. The van der Waals surface area contributed by atoms with E-state index in [1.54, 1.807) is 13.3 Å². The number of ether oxygens (including phenoxy) is 2. The van der Waals surface area contributed by atoms with Crippen molar-refractivity contribution in [2.75, 3.05) is 69.4 Å². The average molecular weight is 433 g/mol. The van der Waals surface area contributed by atoms with Crippen molar-refractivity contribution in [1.29, 1.82) is 0 Å². The molecule has 7 nitrogen and oxygen atoms in total. The van der Waals surface area contributed by atoms with Gasteiger partial charge in [0.25, 0.3) is 5.91 Å². The third kappa shape index (κ3) is 3.96. The summed E-state index contributed by atoms with van der Waals surface area (Å²) in [6.45, 7) is 6.01. The van der Waals surface area contributed by atoms with E-state index in [1.807, 2.05) is 35.2 Å². The van der Waals surface area contributed by atoms with E-state index < -0.39 is 0 Å². The molecule has 0 aliphatic carbocycles. The van der Waals surface area contributed by atoms with Gasteiger partial charge in [-0.15, -0.1) is 0 Å². The van der Waals surface area contributed by atoms with Gasteiger partial charge >= 0.3 is 0 Å². The molecule has 1 amide bonds. The Labute approximate surface area is 188 Å². The fourth-order valence-corrected chi connectivity index (χ4v) is 4.51. The maximum Gasteiger partial charge on any atom is 0.256 e. The Morgan fingerprint density at radius 1 is 0.875 bits per heavy atom. The van der Waals surface area contributed by atoms with E-state index >= 15 is 0 Å². The molecule has 0 unspecified atom stereocenters. The van der Waals surface area contributed by atoms with Gasteiger partial charge < -0.3 is 24.2 Å². The average Bonchev–Trinajstić information content (AvgIpc) is 2.88. The topological polar surface area (TPSA) is 58.1 Å². The normalized spacial score (nSPS) is 17.0. The highest BCUT2D eigenvalue weighted by Crippen LogP contribution is 2.29. The zero-order chi connectivity index (χ0) is 21.9. The highest BCUT2D eigenvalue weighted by Gasteiger charge is 2.25. The smallest absolute Gasteiger partial charge is 0.256 e. The second kappa shape index (κ2) is 9.04. The molecule has 0 saturated carbocycles. The number of benzene rings is 2. The summed E-state index contributed by atoms with van der Waals surface area (Å²) < 4.78 is 10.7. The molecule has 1 aromatic heterocycles. The standard InChI is InChI=1S/C25H28N4O3/c1-31-20-8-6-19(7-9-20)27-10-12-29(13-11-27)25(30)23-18-26-24(28-14-16-32-17-15-28)22-5-3-2-4-21(22)23/h2-9,18H,10-17H2,1H3. The zero-order valence-corrected chi connectivity index (χ0v) is 18.4. The number of aromatic nitrogens is 1. The molecule has 2 aliphatic heterocycles. The lowest BCUT2D eigenvalue weighted by molar-refractivity contribution is 0.0748. The first kappa shape index (κ1) is 20.6. The third-order valence-electron chi connectivity index (χ3n) is 6.32. The molecular weight excluding hydrogens is 404 g/mol. The van der Waals surface area contributed by atoms with E-state index in [0.29, 0.717) is 31.9 Å². The van der Waals surface area contributed by atoms with Crippen molar-refractivity contribution in [2.45, 2.75) is 0 Å². The summed E-state index contributed by atoms with van der Waals surface area (Å²) in [5.41, 5.74) is 1.83. The van der Waals surface area contributed by atoms with E-state index in [1.165, 1.54) is 0 Å². The zero-order valence-electron chi connectivity index (χ0n) is 18.4. The van der Waals surface area contributed by atoms with E-state index in [-0.39, 0.29) is 5.91 Å². The monoisotopic (exact) mass is 432 g/mol. The van der Waals surface area contributed by atoms with Gasteiger partial charge in [0, 0.05) is 56.5 Å². The Hall–Kier alpha value is -3.32. The van der Waals surface area contributed by atoms with Crippen LogP contribution in [0.15, 0.2) is 54.7 Å². The Morgan fingerprint density at radius 3 is 2.25 bits per heavy atom. The predicted molar refractivity (Wildman–Crippen MR) is 126 cm³/mol. The number of rotatable bonds is 4. The molecule has 3 heterocycles. The summed E-state index contributed by atoms with van der Waals surface area (Å²) in [4.78, 5) is 24.7. The van der Waals surface area contributed by atoms with Gasteiger partial charge in [-0.3, -0.25) is 4.79 Å². The van der Waals surface area contributed by atoms with Crippen molar-refractivity contribution in [3.63, 3.8) is 0 Å². The van der Waals surface area contributed by atoms with Crippen molar-refractivity contribution >= 4 is 28.2 Å². The fourth-order valence-electron chi connectivity index (χ4n) is 4.51. The number of carbonyl (C=O) groups excluding carboxylic acids is 1. The van der Waals surface area contributed by atoms with Crippen LogP contribution in [0.25, 0.3) is 10.8 Å². The minimum absolute atomic E-state index is 0.0524. The van der Waals surface area contributed by atoms with Crippen molar-refractivity contribution in [3.8, 4) is 5.75 Å². The Balaban J connectivity index is 1.34. The van der Waals surface area contributed by atoms with Gasteiger partial charge in [0.2, 0.25) is 0 Å².